The van der Waals surface area contributed by atoms with E-state index < -0.39 is 0 Å². The summed E-state index contributed by atoms with van der Waals surface area (Å²) in [5, 5.41) is 20.2. The van der Waals surface area contributed by atoms with Crippen molar-refractivity contribution in [2.45, 2.75) is 0 Å². The second kappa shape index (κ2) is 4.11. The first-order chi connectivity index (χ1) is 8.74. The fourth-order valence-corrected chi connectivity index (χ4v) is 1.59. The lowest BCUT2D eigenvalue weighted by Crippen LogP contribution is -1.84. The Morgan fingerprint density at radius 2 is 2.22 bits per heavy atom. The Morgan fingerprint density at radius 1 is 1.33 bits per heavy atom. The molecule has 1 aromatic carbocycles. The van der Waals surface area contributed by atoms with E-state index in [1.165, 1.54) is 12.4 Å². The van der Waals surface area contributed by atoms with Crippen LogP contribution in [0.3, 0.4) is 0 Å². The van der Waals surface area contributed by atoms with E-state index in [2.05, 4.69) is 25.3 Å². The molecule has 0 spiro atoms. The third-order valence-corrected chi connectivity index (χ3v) is 2.48. The van der Waals surface area contributed by atoms with Gasteiger partial charge in [-0.25, -0.2) is 4.98 Å². The summed E-state index contributed by atoms with van der Waals surface area (Å²) in [5.41, 5.74) is 0.401. The van der Waals surface area contributed by atoms with Gasteiger partial charge in [0.15, 0.2) is 5.82 Å². The largest absolute Gasteiger partial charge is 0.507 e. The molecule has 3 rings (SSSR count). The minimum atomic E-state index is -0.0322. The maximum atomic E-state index is 9.74. The number of hydrogen-bond acceptors (Lipinski definition) is 6. The summed E-state index contributed by atoms with van der Waals surface area (Å²) in [6, 6.07) is 4.61. The average Bonchev–Trinajstić information content (AvgIpc) is 2.99. The number of phenolic OH excluding ortho intramolecular Hbond substituents is 1. The summed E-state index contributed by atoms with van der Waals surface area (Å²) in [5.74, 6) is 0.793. The molecule has 2 aromatic heterocycles. The normalized spacial score (nSPS) is 10.7. The number of aromatic hydroxyl groups is 1. The fraction of sp³-hybridized carbons (Fsp3) is 0. The van der Waals surface area contributed by atoms with Crippen molar-refractivity contribution in [3.63, 3.8) is 0 Å². The maximum Gasteiger partial charge on any atom is 0.262 e. The lowest BCUT2D eigenvalue weighted by atomic mass is 10.2. The van der Waals surface area contributed by atoms with E-state index >= 15 is 0 Å². The van der Waals surface area contributed by atoms with Crippen molar-refractivity contribution >= 4 is 11.6 Å². The van der Waals surface area contributed by atoms with Crippen LogP contribution in [0.4, 0.5) is 0 Å². The highest BCUT2D eigenvalue weighted by Crippen LogP contribution is 2.30. The number of nitrogens with zero attached hydrogens (tertiary/aromatic N) is 4. The Hall–Kier alpha value is -2.41. The number of aromatic amines is 1. The summed E-state index contributed by atoms with van der Waals surface area (Å²) in [7, 11) is 0. The van der Waals surface area contributed by atoms with Crippen LogP contribution in [-0.2, 0) is 0 Å². The van der Waals surface area contributed by atoms with Crippen LogP contribution >= 0.6 is 11.6 Å². The smallest absolute Gasteiger partial charge is 0.262 e. The highest BCUT2D eigenvalue weighted by Gasteiger charge is 2.15. The zero-order valence-corrected chi connectivity index (χ0v) is 9.59. The van der Waals surface area contributed by atoms with Crippen LogP contribution in [0.1, 0.15) is 0 Å². The van der Waals surface area contributed by atoms with E-state index in [9.17, 15) is 5.11 Å². The van der Waals surface area contributed by atoms with Crippen molar-refractivity contribution in [2.75, 3.05) is 0 Å². The minimum Gasteiger partial charge on any atom is -0.507 e. The molecule has 0 atom stereocenters. The van der Waals surface area contributed by atoms with E-state index in [1.54, 1.807) is 12.1 Å². The Morgan fingerprint density at radius 3 is 2.94 bits per heavy atom. The molecule has 0 fully saturated rings. The number of benzene rings is 1. The van der Waals surface area contributed by atoms with Gasteiger partial charge in [-0.1, -0.05) is 16.8 Å². The van der Waals surface area contributed by atoms with Gasteiger partial charge in [-0.3, -0.25) is 5.10 Å². The number of hydrogen-bond donors (Lipinski definition) is 2. The quantitative estimate of drug-likeness (QED) is 0.732. The lowest BCUT2D eigenvalue weighted by Gasteiger charge is -1.98. The molecule has 0 radical (unpaired) electrons. The van der Waals surface area contributed by atoms with Crippen LogP contribution in [-0.4, -0.2) is 30.4 Å². The van der Waals surface area contributed by atoms with E-state index in [0.29, 0.717) is 16.4 Å². The van der Waals surface area contributed by atoms with Crippen LogP contribution in [0.15, 0.2) is 29.0 Å². The maximum absolute atomic E-state index is 9.74. The van der Waals surface area contributed by atoms with Crippen molar-refractivity contribution < 1.29 is 9.63 Å². The van der Waals surface area contributed by atoms with Gasteiger partial charge in [-0.2, -0.15) is 10.1 Å². The van der Waals surface area contributed by atoms with Crippen LogP contribution in [0.25, 0.3) is 23.1 Å². The predicted molar refractivity (Wildman–Crippen MR) is 61.8 cm³/mol. The number of halogens is 1. The molecule has 3 aromatic rings. The van der Waals surface area contributed by atoms with Crippen LogP contribution < -0.4 is 0 Å². The molecule has 0 aliphatic heterocycles. The SMILES string of the molecule is Oc1cc(Cl)ccc1-c1nc(-c2ncn[nH]2)no1. The first kappa shape index (κ1) is 10.7. The van der Waals surface area contributed by atoms with Crippen LogP contribution in [0, 0.1) is 0 Å². The van der Waals surface area contributed by atoms with Crippen molar-refractivity contribution in [3.8, 4) is 28.9 Å². The van der Waals surface area contributed by atoms with Gasteiger partial charge in [0, 0.05) is 5.02 Å². The van der Waals surface area contributed by atoms with Gasteiger partial charge in [-0.15, -0.1) is 0 Å². The second-order valence-electron chi connectivity index (χ2n) is 3.42. The molecule has 0 amide bonds. The summed E-state index contributed by atoms with van der Waals surface area (Å²) in [6.45, 7) is 0. The second-order valence-corrected chi connectivity index (χ2v) is 3.86. The predicted octanol–water partition coefficient (Wildman–Crippen LogP) is 1.88. The van der Waals surface area contributed by atoms with E-state index in [-0.39, 0.29) is 17.5 Å². The number of nitrogens with one attached hydrogen (secondary N) is 1. The number of H-pyrrole nitrogens is 1. The van der Waals surface area contributed by atoms with Gasteiger partial charge in [0.1, 0.15) is 12.1 Å². The molecule has 2 heterocycles. The summed E-state index contributed by atoms with van der Waals surface area (Å²) >= 11 is 5.74. The van der Waals surface area contributed by atoms with Crippen LogP contribution in [0.5, 0.6) is 5.75 Å². The topological polar surface area (TPSA) is 101 Å². The molecular formula is C10H6ClN5O2. The number of rotatable bonds is 2. The van der Waals surface area contributed by atoms with Crippen molar-refractivity contribution in [2.24, 2.45) is 0 Å². The van der Waals surface area contributed by atoms with Gasteiger partial charge >= 0.3 is 0 Å². The van der Waals surface area contributed by atoms with Gasteiger partial charge in [0.05, 0.1) is 5.56 Å². The third-order valence-electron chi connectivity index (χ3n) is 2.24. The molecule has 2 N–H and O–H groups in total. The monoisotopic (exact) mass is 263 g/mol. The van der Waals surface area contributed by atoms with E-state index in [4.69, 9.17) is 16.1 Å². The third kappa shape index (κ3) is 1.80. The zero-order chi connectivity index (χ0) is 12.5. The molecule has 7 nitrogen and oxygen atoms in total. The standard InChI is InChI=1S/C10H6ClN5O2/c11-5-1-2-6(7(17)3-5)10-14-9(16-18-10)8-12-4-13-15-8/h1-4,17H,(H,12,13,15). The molecule has 90 valence electrons. The highest BCUT2D eigenvalue weighted by atomic mass is 35.5. The molecular weight excluding hydrogens is 258 g/mol. The van der Waals surface area contributed by atoms with E-state index in [1.807, 2.05) is 0 Å². The van der Waals surface area contributed by atoms with Crippen LogP contribution in [0.2, 0.25) is 5.02 Å². The van der Waals surface area contributed by atoms with E-state index in [0.717, 1.165) is 0 Å². The van der Waals surface area contributed by atoms with Crippen molar-refractivity contribution in [1.82, 2.24) is 25.3 Å². The van der Waals surface area contributed by atoms with Gasteiger partial charge < -0.3 is 9.63 Å². The Kier molecular flexibility index (Phi) is 2.45. The van der Waals surface area contributed by atoms with Crippen molar-refractivity contribution in [1.29, 1.82) is 0 Å². The molecule has 18 heavy (non-hydrogen) atoms. The molecule has 0 aliphatic rings. The van der Waals surface area contributed by atoms with Gasteiger partial charge in [0.25, 0.3) is 5.89 Å². The lowest BCUT2D eigenvalue weighted by molar-refractivity contribution is 0.425. The van der Waals surface area contributed by atoms with Crippen molar-refractivity contribution in [3.05, 3.63) is 29.5 Å². The summed E-state index contributed by atoms with van der Waals surface area (Å²) < 4.78 is 5.04. The Balaban J connectivity index is 2.03. The zero-order valence-electron chi connectivity index (χ0n) is 8.83. The molecule has 0 saturated heterocycles. The molecule has 0 saturated carbocycles. The molecule has 0 unspecified atom stereocenters. The van der Waals surface area contributed by atoms with Gasteiger partial charge in [-0.05, 0) is 18.2 Å². The highest BCUT2D eigenvalue weighted by molar-refractivity contribution is 6.30. The summed E-state index contributed by atoms with van der Waals surface area (Å²) in [6.07, 6.45) is 1.34. The molecule has 0 aliphatic carbocycles. The average molecular weight is 264 g/mol. The van der Waals surface area contributed by atoms with Gasteiger partial charge in [0.2, 0.25) is 5.82 Å². The molecule has 0 bridgehead atoms. The Bertz CT molecular complexity index is 679. The number of phenols is 1. The first-order valence-corrected chi connectivity index (χ1v) is 5.30. The first-order valence-electron chi connectivity index (χ1n) is 4.92. The fourth-order valence-electron chi connectivity index (χ4n) is 1.43. The number of aromatic nitrogens is 5. The molecule has 8 heteroatoms. The Labute approximate surface area is 105 Å². The summed E-state index contributed by atoms with van der Waals surface area (Å²) in [4.78, 5) is 7.99. The minimum absolute atomic E-state index is 0.0322.